The molecular formula is C18H14Br2N2O2. The monoisotopic (exact) mass is 448 g/mol. The third-order valence-corrected chi connectivity index (χ3v) is 4.82. The highest BCUT2D eigenvalue weighted by molar-refractivity contribution is 9.11. The van der Waals surface area contributed by atoms with Crippen LogP contribution in [-0.4, -0.2) is 11.1 Å². The molecule has 0 unspecified atom stereocenters. The molecule has 0 spiro atoms. The van der Waals surface area contributed by atoms with E-state index in [1.807, 2.05) is 37.3 Å². The number of carbonyl (C=O) groups excluding carboxylic acids is 1. The largest absolute Gasteiger partial charge is 0.508 e. The van der Waals surface area contributed by atoms with Crippen LogP contribution in [0.1, 0.15) is 5.56 Å². The Hall–Kier alpha value is -2.05. The van der Waals surface area contributed by atoms with Crippen LogP contribution in [0.15, 0.2) is 57.5 Å². The first kappa shape index (κ1) is 16.8. The van der Waals surface area contributed by atoms with Gasteiger partial charge in [0.2, 0.25) is 0 Å². The molecule has 24 heavy (non-hydrogen) atoms. The molecule has 0 saturated heterocycles. The van der Waals surface area contributed by atoms with Crippen LogP contribution >= 0.6 is 31.9 Å². The molecule has 6 heteroatoms. The van der Waals surface area contributed by atoms with Crippen LogP contribution in [0.3, 0.4) is 0 Å². The molecule has 122 valence electrons. The summed E-state index contributed by atoms with van der Waals surface area (Å²) in [6, 6.07) is 14.1. The zero-order chi connectivity index (χ0) is 17.3. The maximum Gasteiger partial charge on any atom is 0.323 e. The summed E-state index contributed by atoms with van der Waals surface area (Å²) in [5.41, 5.74) is 2.37. The summed E-state index contributed by atoms with van der Waals surface area (Å²) in [7, 11) is 0. The van der Waals surface area contributed by atoms with Gasteiger partial charge >= 0.3 is 6.03 Å². The van der Waals surface area contributed by atoms with Gasteiger partial charge in [0.25, 0.3) is 0 Å². The molecule has 0 aromatic heterocycles. The second-order valence-corrected chi connectivity index (χ2v) is 7.10. The van der Waals surface area contributed by atoms with Gasteiger partial charge in [0.15, 0.2) is 0 Å². The molecule has 0 atom stereocenters. The number of nitrogens with one attached hydrogen (secondary N) is 2. The standard InChI is InChI=1S/C18H14Br2N2O2/c1-10-3-2-4-11(7-10)21-18(24)22-17-14-8-12(23)5-6-13(14)15(19)9-16(17)20/h2-9,23H,1H3,(H2,21,22,24). The number of carbonyl (C=O) groups is 1. The van der Waals surface area contributed by atoms with E-state index in [2.05, 4.69) is 42.5 Å². The number of aryl methyl sites for hydroxylation is 1. The van der Waals surface area contributed by atoms with E-state index in [0.29, 0.717) is 15.8 Å². The van der Waals surface area contributed by atoms with E-state index in [1.165, 1.54) is 0 Å². The number of amides is 2. The topological polar surface area (TPSA) is 61.4 Å². The third kappa shape index (κ3) is 3.55. The second-order valence-electron chi connectivity index (χ2n) is 5.39. The van der Waals surface area contributed by atoms with Crippen molar-refractivity contribution >= 4 is 60.0 Å². The maximum absolute atomic E-state index is 12.3. The van der Waals surface area contributed by atoms with Crippen molar-refractivity contribution in [3.8, 4) is 5.75 Å². The molecule has 0 bridgehead atoms. The number of hydrogen-bond donors (Lipinski definition) is 3. The highest BCUT2D eigenvalue weighted by Crippen LogP contribution is 2.38. The maximum atomic E-state index is 12.3. The molecule has 0 aliphatic carbocycles. The normalized spacial score (nSPS) is 10.6. The van der Waals surface area contributed by atoms with E-state index < -0.39 is 0 Å². The molecule has 0 radical (unpaired) electrons. The van der Waals surface area contributed by atoms with E-state index in [-0.39, 0.29) is 11.8 Å². The summed E-state index contributed by atoms with van der Waals surface area (Å²) in [6.45, 7) is 1.96. The van der Waals surface area contributed by atoms with E-state index in [9.17, 15) is 9.90 Å². The molecule has 3 aromatic carbocycles. The minimum absolute atomic E-state index is 0.134. The zero-order valence-electron chi connectivity index (χ0n) is 12.7. The van der Waals surface area contributed by atoms with Crippen molar-refractivity contribution in [1.82, 2.24) is 0 Å². The van der Waals surface area contributed by atoms with Crippen LogP contribution in [-0.2, 0) is 0 Å². The quantitative estimate of drug-likeness (QED) is 0.447. The van der Waals surface area contributed by atoms with Crippen LogP contribution in [0.4, 0.5) is 16.2 Å². The molecular weight excluding hydrogens is 436 g/mol. The number of halogens is 2. The fourth-order valence-corrected chi connectivity index (χ4v) is 3.89. The minimum Gasteiger partial charge on any atom is -0.508 e. The van der Waals surface area contributed by atoms with E-state index >= 15 is 0 Å². The van der Waals surface area contributed by atoms with Gasteiger partial charge in [-0.05, 0) is 70.2 Å². The number of rotatable bonds is 2. The number of benzene rings is 3. The smallest absolute Gasteiger partial charge is 0.323 e. The van der Waals surface area contributed by atoms with Crippen molar-refractivity contribution in [2.75, 3.05) is 10.6 Å². The van der Waals surface area contributed by atoms with Crippen molar-refractivity contribution in [2.45, 2.75) is 6.92 Å². The molecule has 0 aliphatic rings. The fourth-order valence-electron chi connectivity index (χ4n) is 2.46. The SMILES string of the molecule is Cc1cccc(NC(=O)Nc2c(Br)cc(Br)c3ccc(O)cc23)c1. The second kappa shape index (κ2) is 6.83. The van der Waals surface area contributed by atoms with Gasteiger partial charge in [-0.1, -0.05) is 28.1 Å². The first-order valence-corrected chi connectivity index (χ1v) is 8.78. The number of hydrogen-bond acceptors (Lipinski definition) is 2. The number of urea groups is 1. The van der Waals surface area contributed by atoms with Crippen molar-refractivity contribution in [3.63, 3.8) is 0 Å². The summed E-state index contributed by atoms with van der Waals surface area (Å²) in [5, 5.41) is 17.1. The van der Waals surface area contributed by atoms with Crippen molar-refractivity contribution < 1.29 is 9.90 Å². The minimum atomic E-state index is -0.353. The lowest BCUT2D eigenvalue weighted by molar-refractivity contribution is 0.262. The van der Waals surface area contributed by atoms with Crippen LogP contribution in [0.25, 0.3) is 10.8 Å². The van der Waals surface area contributed by atoms with Gasteiger partial charge in [-0.15, -0.1) is 0 Å². The van der Waals surface area contributed by atoms with Gasteiger partial charge in [0, 0.05) is 20.0 Å². The van der Waals surface area contributed by atoms with E-state index in [0.717, 1.165) is 20.8 Å². The lowest BCUT2D eigenvalue weighted by Gasteiger charge is -2.14. The number of phenolic OH excluding ortho intramolecular Hbond substituents is 1. The van der Waals surface area contributed by atoms with Crippen LogP contribution in [0.5, 0.6) is 5.75 Å². The summed E-state index contributed by atoms with van der Waals surface area (Å²) in [6.07, 6.45) is 0. The summed E-state index contributed by atoms with van der Waals surface area (Å²) in [4.78, 5) is 12.3. The number of anilines is 2. The average molecular weight is 450 g/mol. The predicted octanol–water partition coefficient (Wildman–Crippen LogP) is 6.02. The van der Waals surface area contributed by atoms with Crippen LogP contribution in [0, 0.1) is 6.92 Å². The Morgan fingerprint density at radius 3 is 2.50 bits per heavy atom. The van der Waals surface area contributed by atoms with Crippen molar-refractivity contribution in [2.24, 2.45) is 0 Å². The molecule has 3 N–H and O–H groups in total. The fraction of sp³-hybridized carbons (Fsp3) is 0.0556. The van der Waals surface area contributed by atoms with Gasteiger partial charge in [0.1, 0.15) is 5.75 Å². The van der Waals surface area contributed by atoms with Gasteiger partial charge in [-0.3, -0.25) is 0 Å². The summed E-state index contributed by atoms with van der Waals surface area (Å²) < 4.78 is 1.58. The Morgan fingerprint density at radius 2 is 1.75 bits per heavy atom. The first-order chi connectivity index (χ1) is 11.4. The Balaban J connectivity index is 1.94. The van der Waals surface area contributed by atoms with Gasteiger partial charge in [-0.2, -0.15) is 0 Å². The molecule has 2 amide bonds. The lowest BCUT2D eigenvalue weighted by Crippen LogP contribution is -2.20. The van der Waals surface area contributed by atoms with Crippen molar-refractivity contribution in [1.29, 1.82) is 0 Å². The number of phenols is 1. The highest BCUT2D eigenvalue weighted by Gasteiger charge is 2.13. The van der Waals surface area contributed by atoms with E-state index in [4.69, 9.17) is 0 Å². The highest BCUT2D eigenvalue weighted by atomic mass is 79.9. The molecule has 0 saturated carbocycles. The lowest BCUT2D eigenvalue weighted by atomic mass is 10.1. The molecule has 3 aromatic rings. The summed E-state index contributed by atoms with van der Waals surface area (Å²) in [5.74, 6) is 0.134. The first-order valence-electron chi connectivity index (χ1n) is 7.19. The van der Waals surface area contributed by atoms with E-state index in [1.54, 1.807) is 18.2 Å². The Morgan fingerprint density at radius 1 is 0.958 bits per heavy atom. The average Bonchev–Trinajstić information content (AvgIpc) is 2.51. The third-order valence-electron chi connectivity index (χ3n) is 3.54. The Bertz CT molecular complexity index is 942. The van der Waals surface area contributed by atoms with Gasteiger partial charge in [0.05, 0.1) is 5.69 Å². The Labute approximate surface area is 156 Å². The molecule has 0 heterocycles. The van der Waals surface area contributed by atoms with Crippen molar-refractivity contribution in [3.05, 3.63) is 63.0 Å². The molecule has 4 nitrogen and oxygen atoms in total. The molecule has 3 rings (SSSR count). The van der Waals surface area contributed by atoms with Gasteiger partial charge < -0.3 is 15.7 Å². The molecule has 0 aliphatic heterocycles. The van der Waals surface area contributed by atoms with Crippen LogP contribution < -0.4 is 10.6 Å². The van der Waals surface area contributed by atoms with Gasteiger partial charge in [-0.25, -0.2) is 4.79 Å². The van der Waals surface area contributed by atoms with Crippen LogP contribution in [0.2, 0.25) is 0 Å². The Kier molecular flexibility index (Phi) is 4.78. The number of fused-ring (bicyclic) bond motifs is 1. The zero-order valence-corrected chi connectivity index (χ0v) is 15.9. The predicted molar refractivity (Wildman–Crippen MR) is 105 cm³/mol. The number of aromatic hydroxyl groups is 1. The summed E-state index contributed by atoms with van der Waals surface area (Å²) >= 11 is 6.96. The molecule has 0 fully saturated rings.